The lowest BCUT2D eigenvalue weighted by atomic mass is 10.1. The van der Waals surface area contributed by atoms with Crippen LogP contribution in [0.15, 0.2) is 36.4 Å². The van der Waals surface area contributed by atoms with Gasteiger partial charge in [0.1, 0.15) is 6.61 Å². The maximum Gasteiger partial charge on any atom is 0.161 e. The zero-order chi connectivity index (χ0) is 15.2. The third-order valence-corrected chi connectivity index (χ3v) is 3.60. The molecule has 0 saturated heterocycles. The van der Waals surface area contributed by atoms with E-state index < -0.39 is 0 Å². The minimum atomic E-state index is 0.408. The van der Waals surface area contributed by atoms with Gasteiger partial charge in [0, 0.05) is 10.6 Å². The Kier molecular flexibility index (Phi) is 5.48. The molecule has 0 saturated carbocycles. The van der Waals surface area contributed by atoms with Crippen molar-refractivity contribution in [2.75, 3.05) is 13.7 Å². The van der Waals surface area contributed by atoms with Gasteiger partial charge in [0.05, 0.1) is 7.11 Å². The average molecular weight is 306 g/mol. The average Bonchev–Trinajstić information content (AvgIpc) is 2.47. The van der Waals surface area contributed by atoms with Crippen LogP contribution in [0.25, 0.3) is 0 Å². The Balaban J connectivity index is 2.12. The van der Waals surface area contributed by atoms with Crippen molar-refractivity contribution in [3.05, 3.63) is 58.1 Å². The van der Waals surface area contributed by atoms with Crippen LogP contribution in [0.3, 0.4) is 0 Å². The molecule has 2 N–H and O–H groups in total. The van der Waals surface area contributed by atoms with Crippen molar-refractivity contribution < 1.29 is 9.47 Å². The standard InChI is InChI=1S/C17H20ClNO2/c1-12-3-5-14(15(18)9-12)11-21-16-6-4-13(7-8-19)10-17(16)20-2/h3-6,9-10H,7-8,11,19H2,1-2H3. The molecule has 0 aromatic heterocycles. The van der Waals surface area contributed by atoms with Crippen LogP contribution in [0.4, 0.5) is 0 Å². The molecule has 3 nitrogen and oxygen atoms in total. The minimum Gasteiger partial charge on any atom is -0.493 e. The number of rotatable bonds is 6. The Morgan fingerprint density at radius 1 is 1.10 bits per heavy atom. The van der Waals surface area contributed by atoms with Crippen molar-refractivity contribution in [3.8, 4) is 11.5 Å². The van der Waals surface area contributed by atoms with E-state index in [0.29, 0.717) is 29.7 Å². The summed E-state index contributed by atoms with van der Waals surface area (Å²) in [6.45, 7) is 3.03. The summed E-state index contributed by atoms with van der Waals surface area (Å²) < 4.78 is 11.2. The summed E-state index contributed by atoms with van der Waals surface area (Å²) in [4.78, 5) is 0. The third-order valence-electron chi connectivity index (χ3n) is 3.25. The molecule has 0 spiro atoms. The highest BCUT2D eigenvalue weighted by Gasteiger charge is 2.07. The fourth-order valence-corrected chi connectivity index (χ4v) is 2.37. The summed E-state index contributed by atoms with van der Waals surface area (Å²) in [6, 6.07) is 11.8. The first-order valence-electron chi connectivity index (χ1n) is 6.89. The summed E-state index contributed by atoms with van der Waals surface area (Å²) >= 11 is 6.21. The van der Waals surface area contributed by atoms with Crippen LogP contribution in [0.5, 0.6) is 11.5 Å². The highest BCUT2D eigenvalue weighted by atomic mass is 35.5. The highest BCUT2D eigenvalue weighted by Crippen LogP contribution is 2.29. The molecule has 2 aromatic carbocycles. The predicted molar refractivity (Wildman–Crippen MR) is 86.3 cm³/mol. The molecule has 21 heavy (non-hydrogen) atoms. The fraction of sp³-hybridized carbons (Fsp3) is 0.294. The van der Waals surface area contributed by atoms with Gasteiger partial charge in [0.2, 0.25) is 0 Å². The molecule has 0 fully saturated rings. The Labute approximate surface area is 130 Å². The van der Waals surface area contributed by atoms with Crippen LogP contribution in [0.2, 0.25) is 5.02 Å². The number of aryl methyl sites for hydroxylation is 1. The molecule has 0 aliphatic heterocycles. The molecule has 0 atom stereocenters. The monoisotopic (exact) mass is 305 g/mol. The van der Waals surface area contributed by atoms with Crippen LogP contribution in [-0.2, 0) is 13.0 Å². The van der Waals surface area contributed by atoms with Crippen molar-refractivity contribution in [2.45, 2.75) is 20.0 Å². The molecular weight excluding hydrogens is 286 g/mol. The number of benzene rings is 2. The lowest BCUT2D eigenvalue weighted by Crippen LogP contribution is -2.03. The number of ether oxygens (including phenoxy) is 2. The van der Waals surface area contributed by atoms with Crippen LogP contribution in [-0.4, -0.2) is 13.7 Å². The van der Waals surface area contributed by atoms with E-state index in [1.807, 2.05) is 43.3 Å². The van der Waals surface area contributed by atoms with Crippen molar-refractivity contribution in [1.82, 2.24) is 0 Å². The van der Waals surface area contributed by atoms with Gasteiger partial charge in [-0.3, -0.25) is 0 Å². The first-order chi connectivity index (χ1) is 10.1. The lowest BCUT2D eigenvalue weighted by molar-refractivity contribution is 0.284. The Hall–Kier alpha value is -1.71. The number of halogens is 1. The second-order valence-corrected chi connectivity index (χ2v) is 5.31. The highest BCUT2D eigenvalue weighted by molar-refractivity contribution is 6.31. The van der Waals surface area contributed by atoms with Crippen molar-refractivity contribution in [2.24, 2.45) is 5.73 Å². The van der Waals surface area contributed by atoms with E-state index in [-0.39, 0.29) is 0 Å². The quantitative estimate of drug-likeness (QED) is 0.884. The summed E-state index contributed by atoms with van der Waals surface area (Å²) in [7, 11) is 1.63. The first kappa shape index (κ1) is 15.7. The molecule has 2 rings (SSSR count). The second-order valence-electron chi connectivity index (χ2n) is 4.91. The van der Waals surface area contributed by atoms with E-state index in [1.54, 1.807) is 7.11 Å². The fourth-order valence-electron chi connectivity index (χ4n) is 2.08. The maximum atomic E-state index is 6.21. The van der Waals surface area contributed by atoms with Crippen LogP contribution < -0.4 is 15.2 Å². The van der Waals surface area contributed by atoms with E-state index in [0.717, 1.165) is 23.1 Å². The van der Waals surface area contributed by atoms with Gasteiger partial charge in [0.25, 0.3) is 0 Å². The maximum absolute atomic E-state index is 6.21. The molecule has 0 radical (unpaired) electrons. The topological polar surface area (TPSA) is 44.5 Å². The Bertz CT molecular complexity index is 614. The molecule has 112 valence electrons. The van der Waals surface area contributed by atoms with Crippen LogP contribution in [0.1, 0.15) is 16.7 Å². The molecule has 4 heteroatoms. The molecule has 2 aromatic rings. The molecule has 0 bridgehead atoms. The van der Waals surface area contributed by atoms with E-state index >= 15 is 0 Å². The van der Waals surface area contributed by atoms with E-state index in [2.05, 4.69) is 0 Å². The number of hydrogen-bond acceptors (Lipinski definition) is 3. The Morgan fingerprint density at radius 2 is 1.90 bits per heavy atom. The first-order valence-corrected chi connectivity index (χ1v) is 7.26. The predicted octanol–water partition coefficient (Wildman–Crippen LogP) is 3.74. The van der Waals surface area contributed by atoms with Crippen molar-refractivity contribution in [3.63, 3.8) is 0 Å². The van der Waals surface area contributed by atoms with Crippen molar-refractivity contribution in [1.29, 1.82) is 0 Å². The van der Waals surface area contributed by atoms with Gasteiger partial charge in [0.15, 0.2) is 11.5 Å². The third kappa shape index (κ3) is 4.13. The minimum absolute atomic E-state index is 0.408. The summed E-state index contributed by atoms with van der Waals surface area (Å²) in [5, 5.41) is 0.716. The van der Waals surface area contributed by atoms with E-state index in [4.69, 9.17) is 26.8 Å². The van der Waals surface area contributed by atoms with Gasteiger partial charge >= 0.3 is 0 Å². The normalized spacial score (nSPS) is 10.5. The largest absolute Gasteiger partial charge is 0.493 e. The van der Waals surface area contributed by atoms with Gasteiger partial charge in [-0.15, -0.1) is 0 Å². The second kappa shape index (κ2) is 7.34. The van der Waals surface area contributed by atoms with Crippen LogP contribution in [0, 0.1) is 6.92 Å². The molecule has 0 amide bonds. The Morgan fingerprint density at radius 3 is 2.57 bits per heavy atom. The molecule has 0 unspecified atom stereocenters. The number of methoxy groups -OCH3 is 1. The smallest absolute Gasteiger partial charge is 0.161 e. The molecular formula is C17H20ClNO2. The zero-order valence-corrected chi connectivity index (χ0v) is 13.1. The summed E-state index contributed by atoms with van der Waals surface area (Å²) in [6.07, 6.45) is 0.820. The lowest BCUT2D eigenvalue weighted by Gasteiger charge is -2.13. The van der Waals surface area contributed by atoms with Gasteiger partial charge in [-0.05, 0) is 49.2 Å². The van der Waals surface area contributed by atoms with Crippen LogP contribution >= 0.6 is 11.6 Å². The van der Waals surface area contributed by atoms with Crippen molar-refractivity contribution >= 4 is 11.6 Å². The number of nitrogens with two attached hydrogens (primary N) is 1. The van der Waals surface area contributed by atoms with E-state index in [1.165, 1.54) is 0 Å². The molecule has 0 aliphatic rings. The zero-order valence-electron chi connectivity index (χ0n) is 12.4. The summed E-state index contributed by atoms with van der Waals surface area (Å²) in [5.74, 6) is 1.42. The van der Waals surface area contributed by atoms with Gasteiger partial charge in [-0.2, -0.15) is 0 Å². The van der Waals surface area contributed by atoms with Gasteiger partial charge in [-0.25, -0.2) is 0 Å². The number of hydrogen-bond donors (Lipinski definition) is 1. The molecule has 0 heterocycles. The van der Waals surface area contributed by atoms with Gasteiger partial charge in [-0.1, -0.05) is 29.8 Å². The van der Waals surface area contributed by atoms with E-state index in [9.17, 15) is 0 Å². The summed E-state index contributed by atoms with van der Waals surface area (Å²) in [5.41, 5.74) is 8.79. The molecule has 0 aliphatic carbocycles. The SMILES string of the molecule is COc1cc(CCN)ccc1OCc1ccc(C)cc1Cl. The van der Waals surface area contributed by atoms with Gasteiger partial charge < -0.3 is 15.2 Å².